The normalized spacial score (nSPS) is 10.2. The van der Waals surface area contributed by atoms with Gasteiger partial charge in [0.1, 0.15) is 0 Å². The van der Waals surface area contributed by atoms with Crippen LogP contribution in [0.3, 0.4) is 0 Å². The van der Waals surface area contributed by atoms with Gasteiger partial charge >= 0.3 is 0 Å². The molecule has 0 spiro atoms. The maximum Gasteiger partial charge on any atom is 0 e. The van der Waals surface area contributed by atoms with Crippen LogP contribution in [0.15, 0.2) is 243 Å². The fourth-order valence-electron chi connectivity index (χ4n) is 6.89. The largest absolute Gasteiger partial charge is 0.0622 e. The molecule has 4 nitrogen and oxygen atoms in total. The third-order valence-electron chi connectivity index (χ3n) is 9.64. The van der Waals surface area contributed by atoms with Gasteiger partial charge in [0.15, 0.2) is 0 Å². The summed E-state index contributed by atoms with van der Waals surface area (Å²) in [6.07, 6.45) is 4.83. The molecule has 0 saturated carbocycles. The predicted molar refractivity (Wildman–Crippen MR) is 263 cm³/mol. The van der Waals surface area contributed by atoms with Crippen molar-refractivity contribution in [3.8, 4) is 0 Å². The van der Waals surface area contributed by atoms with Gasteiger partial charge in [-0.3, -0.25) is 0 Å². The van der Waals surface area contributed by atoms with E-state index in [1.165, 1.54) is 67.1 Å². The molecule has 0 aromatic heterocycles. The van der Waals surface area contributed by atoms with Crippen LogP contribution in [-0.2, 0) is 21.1 Å². The van der Waals surface area contributed by atoms with Crippen molar-refractivity contribution in [3.05, 3.63) is 243 Å². The number of hydrogen-bond acceptors (Lipinski definition) is 4. The quantitative estimate of drug-likeness (QED) is 0.0801. The molecule has 0 radical (unpaired) electrons. The molecule has 0 heterocycles. The van der Waals surface area contributed by atoms with Crippen LogP contribution in [0.25, 0.3) is 0 Å². The van der Waals surface area contributed by atoms with Crippen molar-refractivity contribution in [2.24, 2.45) is 0 Å². The molecule has 0 saturated heterocycles. The van der Waals surface area contributed by atoms with Crippen LogP contribution in [0.5, 0.6) is 0 Å². The molecule has 8 rings (SSSR count). The second kappa shape index (κ2) is 28.5. The second-order valence-electron chi connectivity index (χ2n) is 13.3. The van der Waals surface area contributed by atoms with Crippen LogP contribution in [0.1, 0.15) is 0 Å². The summed E-state index contributed by atoms with van der Waals surface area (Å²) in [5, 5.41) is 35.8. The molecule has 0 N–H and O–H groups in total. The second-order valence-corrected chi connectivity index (χ2v) is 22.6. The zero-order valence-electron chi connectivity index (χ0n) is 33.9. The summed E-state index contributed by atoms with van der Waals surface area (Å²) in [5.74, 6) is 0. The summed E-state index contributed by atoms with van der Waals surface area (Å²) in [6.45, 7) is 0. The Morgan fingerprint density at radius 1 is 0.197 bits per heavy atom. The van der Waals surface area contributed by atoms with Crippen molar-refractivity contribution in [3.63, 3.8) is 0 Å². The van der Waals surface area contributed by atoms with Gasteiger partial charge in [-0.2, -0.15) is 0 Å². The fraction of sp³-hybridized carbons (Fsp3) is 0.0769. The van der Waals surface area contributed by atoms with Gasteiger partial charge in [0.25, 0.3) is 0 Å². The van der Waals surface area contributed by atoms with Gasteiger partial charge in [-0.05, 0) is 98.8 Å². The Morgan fingerprint density at radius 3 is 0.393 bits per heavy atom. The van der Waals surface area contributed by atoms with Crippen LogP contribution in [0.4, 0.5) is 0 Å². The standard InChI is InChI=1S/2C26H24P2.2N2.W/c2*1-5-13-23(14-6-1)27(24-15-7-2-8-16-24)21-22-28(25-17-9-3-10-18-25)26-19-11-4-12-20-26;2*1-2;/h2*1-20H,21-22H2;;;. The molecule has 8 aromatic rings. The molecule has 0 aliphatic heterocycles. The van der Waals surface area contributed by atoms with E-state index in [-0.39, 0.29) is 52.8 Å². The summed E-state index contributed by atoms with van der Waals surface area (Å²) in [5.41, 5.74) is 0. The molecule has 302 valence electrons. The van der Waals surface area contributed by atoms with Gasteiger partial charge in [-0.1, -0.05) is 243 Å². The average molecular weight is 1040 g/mol. The van der Waals surface area contributed by atoms with Crippen molar-refractivity contribution in [1.82, 2.24) is 0 Å². The maximum atomic E-state index is 6.00. The molecule has 0 aliphatic rings. The van der Waals surface area contributed by atoms with E-state index in [4.69, 9.17) is 21.6 Å². The van der Waals surface area contributed by atoms with E-state index < -0.39 is 0 Å². The minimum atomic E-state index is -0.348. The van der Waals surface area contributed by atoms with Gasteiger partial charge in [0, 0.05) is 42.6 Å². The first-order chi connectivity index (χ1) is 29.8. The Labute approximate surface area is 381 Å². The Bertz CT molecular complexity index is 1870. The molecule has 61 heavy (non-hydrogen) atoms. The maximum absolute atomic E-state index is 6.00. The third kappa shape index (κ3) is 15.1. The Morgan fingerprint density at radius 2 is 0.295 bits per heavy atom. The van der Waals surface area contributed by atoms with Crippen molar-refractivity contribution in [1.29, 1.82) is 21.6 Å². The molecule has 0 amide bonds. The summed E-state index contributed by atoms with van der Waals surface area (Å²) in [6, 6.07) is 88.4. The molecule has 0 aliphatic carbocycles. The van der Waals surface area contributed by atoms with E-state index >= 15 is 0 Å². The van der Waals surface area contributed by atoms with Gasteiger partial charge in [-0.15, -0.1) is 0 Å². The molecule has 0 atom stereocenters. The monoisotopic (exact) mass is 1040 g/mol. The molecule has 8 aromatic carbocycles. The first-order valence-corrected chi connectivity index (χ1v) is 25.8. The first kappa shape index (κ1) is 48.7. The number of rotatable bonds is 14. The fourth-order valence-corrected chi connectivity index (χ4v) is 17.6. The summed E-state index contributed by atoms with van der Waals surface area (Å²) >= 11 is 0. The summed E-state index contributed by atoms with van der Waals surface area (Å²) in [7, 11) is -1.39. The van der Waals surface area contributed by atoms with Gasteiger partial charge in [-0.25, -0.2) is 0 Å². The van der Waals surface area contributed by atoms with Crippen molar-refractivity contribution < 1.29 is 21.1 Å². The van der Waals surface area contributed by atoms with Crippen molar-refractivity contribution in [2.45, 2.75) is 0 Å². The Balaban J connectivity index is 0.000000245. The smallest absolute Gasteiger partial charge is 0 e. The minimum absolute atomic E-state index is 0. The molecule has 9 heteroatoms. The van der Waals surface area contributed by atoms with E-state index in [0.717, 1.165) is 0 Å². The molecule has 0 unspecified atom stereocenters. The zero-order valence-corrected chi connectivity index (χ0v) is 40.4. The van der Waals surface area contributed by atoms with Crippen LogP contribution >= 0.6 is 31.7 Å². The van der Waals surface area contributed by atoms with E-state index in [1.807, 2.05) is 0 Å². The van der Waals surface area contributed by atoms with Crippen LogP contribution < -0.4 is 42.4 Å². The van der Waals surface area contributed by atoms with E-state index in [0.29, 0.717) is 0 Å². The van der Waals surface area contributed by atoms with Gasteiger partial charge < -0.3 is 0 Å². The molecule has 0 bridgehead atoms. The zero-order chi connectivity index (χ0) is 42.0. The van der Waals surface area contributed by atoms with E-state index in [9.17, 15) is 0 Å². The van der Waals surface area contributed by atoms with E-state index in [2.05, 4.69) is 243 Å². The van der Waals surface area contributed by atoms with Crippen LogP contribution in [0, 0.1) is 21.6 Å². The van der Waals surface area contributed by atoms with Crippen LogP contribution in [0.2, 0.25) is 0 Å². The average Bonchev–Trinajstić information content (AvgIpc) is 3.35. The van der Waals surface area contributed by atoms with E-state index in [1.54, 1.807) is 0 Å². The van der Waals surface area contributed by atoms with Gasteiger partial charge in [0.2, 0.25) is 0 Å². The van der Waals surface area contributed by atoms with Crippen LogP contribution in [-0.4, -0.2) is 24.6 Å². The van der Waals surface area contributed by atoms with Gasteiger partial charge in [0.05, 0.1) is 0 Å². The Kier molecular flexibility index (Phi) is 22.8. The molecule has 0 fully saturated rings. The number of hydrogen-bond donors (Lipinski definition) is 0. The number of benzene rings is 8. The Hall–Kier alpha value is -4.99. The predicted octanol–water partition coefficient (Wildman–Crippen LogP) is 10.6. The number of nitrogens with zero attached hydrogens (tertiary/aromatic N) is 4. The minimum Gasteiger partial charge on any atom is -0.0622 e. The SMILES string of the molecule is N#N.N#N.[W].c1ccc(P(CCP(c2ccccc2)c2ccccc2)c2ccccc2)cc1.c1ccc(P(CCP(c2ccccc2)c2ccccc2)c2ccccc2)cc1. The van der Waals surface area contributed by atoms with Crippen molar-refractivity contribution >= 4 is 74.1 Å². The molecular formula is C52H48N4P4W. The summed E-state index contributed by atoms with van der Waals surface area (Å²) in [4.78, 5) is 0. The topological polar surface area (TPSA) is 95.2 Å². The summed E-state index contributed by atoms with van der Waals surface area (Å²) < 4.78 is 0. The first-order valence-electron chi connectivity index (χ1n) is 19.7. The molecular weight excluding hydrogens is 988 g/mol. The van der Waals surface area contributed by atoms with Crippen molar-refractivity contribution in [2.75, 3.05) is 24.6 Å². The third-order valence-corrected chi connectivity index (χ3v) is 20.4.